The van der Waals surface area contributed by atoms with Gasteiger partial charge in [-0.3, -0.25) is 9.55 Å². The van der Waals surface area contributed by atoms with Crippen LogP contribution in [0.3, 0.4) is 0 Å². The van der Waals surface area contributed by atoms with Gasteiger partial charge in [0.1, 0.15) is 11.6 Å². The van der Waals surface area contributed by atoms with Crippen molar-refractivity contribution in [3.63, 3.8) is 0 Å². The monoisotopic (exact) mass is 1110 g/mol. The SMILES string of the molecule is [2H]c1cc(C([2H])([2H])C(C)(C)C)cc([2H])c1-c1ccnc(-c2[c-]c(-c3cccc4c3nc(-c3cc(C(C([2H])([2H])[2H])(C([2H])([2H])[2H])C([2H])([2H])[2H])cc(C(C([2H])([2H])[2H])(C([2H])([2H])[2H])C([2H])([2H])[2H])c3O)n4-c3ccc(C(C)(C)C)cc3-c3c([2H])c([2H])c([2H])c([2H])c3[2H])cc(C(C)(C)C)c2)c1.[Pt]. The molecule has 0 fully saturated rings. The number of para-hydroxylation sites is 1. The summed E-state index contributed by atoms with van der Waals surface area (Å²) in [5, 5.41) is 13.2. The van der Waals surface area contributed by atoms with Gasteiger partial charge in [-0.25, -0.2) is 4.98 Å². The first-order valence-corrected chi connectivity index (χ1v) is 21.7. The van der Waals surface area contributed by atoms with Gasteiger partial charge in [0.05, 0.1) is 31.9 Å². The minimum Gasteiger partial charge on any atom is -0.507 e. The molecule has 0 atom stereocenters. The van der Waals surface area contributed by atoms with E-state index in [4.69, 9.17) is 44.2 Å². The molecular weight excluding hydrogens is 1010 g/mol. The second-order valence-corrected chi connectivity index (χ2v) is 20.0. The van der Waals surface area contributed by atoms with Crippen LogP contribution in [0.15, 0.2) is 133 Å². The molecule has 0 saturated carbocycles. The molecule has 0 aliphatic rings. The number of phenolic OH excluding ortho intramolecular Hbond substituents is 1. The van der Waals surface area contributed by atoms with Gasteiger partial charge in [-0.15, -0.1) is 29.3 Å². The number of fused-ring (bicyclic) bond motifs is 1. The van der Waals surface area contributed by atoms with Gasteiger partial charge in [0.25, 0.3) is 0 Å². The second kappa shape index (κ2) is 18.4. The molecule has 0 saturated heterocycles. The number of aromatic hydroxyl groups is 1. The van der Waals surface area contributed by atoms with Crippen LogP contribution in [0.5, 0.6) is 5.75 Å². The number of aromatic nitrogens is 3. The Bertz CT molecular complexity index is 4200. The average Bonchev–Trinajstić information content (AvgIpc) is 1.20. The molecule has 6 aromatic carbocycles. The average molecular weight is 1110 g/mol. The van der Waals surface area contributed by atoms with Crippen molar-refractivity contribution in [3.05, 3.63) is 167 Å². The number of nitrogens with zero attached hydrogens (tertiary/aromatic N) is 3. The number of rotatable bonds is 7. The predicted octanol–water partition coefficient (Wildman–Crippen LogP) is 17.0. The smallest absolute Gasteiger partial charge is 0.148 e. The molecule has 0 spiro atoms. The molecule has 0 radical (unpaired) electrons. The predicted molar refractivity (Wildman–Crippen MR) is 285 cm³/mol. The summed E-state index contributed by atoms with van der Waals surface area (Å²) in [6.45, 7) is -9.07. The van der Waals surface area contributed by atoms with Crippen LogP contribution in [-0.2, 0) is 49.1 Å². The fourth-order valence-electron chi connectivity index (χ4n) is 7.91. The van der Waals surface area contributed by atoms with Crippen LogP contribution in [0.25, 0.3) is 72.7 Å². The van der Waals surface area contributed by atoms with Gasteiger partial charge in [0.15, 0.2) is 0 Å². The second-order valence-electron chi connectivity index (χ2n) is 20.0. The number of hydrogen-bond acceptors (Lipinski definition) is 3. The molecule has 0 aliphatic carbocycles. The molecule has 8 aromatic rings. The van der Waals surface area contributed by atoms with Crippen LogP contribution in [-0.4, -0.2) is 19.6 Å². The minimum atomic E-state index is -4.30. The van der Waals surface area contributed by atoms with Gasteiger partial charge in [0.2, 0.25) is 0 Å². The fourth-order valence-corrected chi connectivity index (χ4v) is 7.91. The molecule has 2 aromatic heterocycles. The third-order valence-corrected chi connectivity index (χ3v) is 11.4. The maximum absolute atomic E-state index is 13.2. The normalized spacial score (nSPS) is 19.8. The maximum Gasteiger partial charge on any atom is 0.148 e. The summed E-state index contributed by atoms with van der Waals surface area (Å²) < 4.78 is 241. The molecule has 354 valence electrons. The molecule has 68 heavy (non-hydrogen) atoms. The Balaban J connectivity index is 0.0000128. The number of pyridine rings is 1. The van der Waals surface area contributed by atoms with Crippen molar-refractivity contribution < 1.29 is 63.2 Å². The van der Waals surface area contributed by atoms with Crippen molar-refractivity contribution in [2.75, 3.05) is 0 Å². The van der Waals surface area contributed by atoms with Crippen LogP contribution in [0, 0.1) is 11.5 Å². The van der Waals surface area contributed by atoms with E-state index < -0.39 is 139 Å². The van der Waals surface area contributed by atoms with Crippen molar-refractivity contribution in [1.82, 2.24) is 14.5 Å². The first kappa shape index (κ1) is 25.9. The molecule has 5 heteroatoms. The summed E-state index contributed by atoms with van der Waals surface area (Å²) in [5.74, 6) is -2.27. The van der Waals surface area contributed by atoms with Crippen molar-refractivity contribution in [3.8, 4) is 67.5 Å². The van der Waals surface area contributed by atoms with E-state index in [2.05, 4.69) is 6.07 Å². The van der Waals surface area contributed by atoms with Gasteiger partial charge in [-0.05, 0) is 97.2 Å². The molecule has 0 bridgehead atoms. The van der Waals surface area contributed by atoms with E-state index in [1.165, 1.54) is 47.2 Å². The van der Waals surface area contributed by atoms with E-state index >= 15 is 0 Å². The Kier molecular flexibility index (Phi) is 7.00. The maximum atomic E-state index is 13.2. The van der Waals surface area contributed by atoms with E-state index in [1.807, 2.05) is 41.5 Å². The first-order valence-electron chi connectivity index (χ1n) is 35.2. The summed E-state index contributed by atoms with van der Waals surface area (Å²) in [7, 11) is 0. The Labute approximate surface area is 459 Å². The number of benzene rings is 6. The standard InChI is InChI=1S/C63H70N3O.Pt/c1-59(2,3)39-40-24-26-41(27-25-40)43-30-31-64-53(35-43)45-32-44(33-47(34-45)61(7,8)9)49-22-19-23-55-56(49)65-58(51-37-48(62(10,11)12)38-52(57(51)67)63(13,14)15)66(55)54-29-28-46(60(4,5)6)36-50(54)42-20-17-16-18-21-42;/h16-31,33-38,67H,39H2,1-15H3;/q-1;/i10D3,11D3,12D3,13D3,14D3,15D3,16D,17D,18D,20D,21D,26D,27D,39D2;. The Hall–Kier alpha value is -5.57. The summed E-state index contributed by atoms with van der Waals surface area (Å²) in [6.07, 6.45) is -0.463. The molecule has 0 aliphatic heterocycles. The van der Waals surface area contributed by atoms with Crippen molar-refractivity contribution >= 4 is 11.0 Å². The fraction of sp³-hybridized carbons (Fsp3) is 0.333. The van der Waals surface area contributed by atoms with Crippen molar-refractivity contribution in [2.24, 2.45) is 5.41 Å². The van der Waals surface area contributed by atoms with E-state index in [1.54, 1.807) is 57.2 Å². The molecule has 4 nitrogen and oxygen atoms in total. The van der Waals surface area contributed by atoms with Crippen molar-refractivity contribution in [1.29, 1.82) is 0 Å². The van der Waals surface area contributed by atoms with Gasteiger partial charge in [-0.1, -0.05) is 199 Å². The molecule has 0 amide bonds. The third kappa shape index (κ3) is 10.5. The van der Waals surface area contributed by atoms with E-state index in [0.29, 0.717) is 28.3 Å². The van der Waals surface area contributed by atoms with E-state index in [0.717, 1.165) is 0 Å². The third-order valence-electron chi connectivity index (χ3n) is 11.4. The van der Waals surface area contributed by atoms with Crippen LogP contribution in [0.4, 0.5) is 0 Å². The van der Waals surface area contributed by atoms with Crippen molar-refractivity contribution in [2.45, 2.75) is 131 Å². The number of imidazole rings is 1. The van der Waals surface area contributed by atoms with Gasteiger partial charge in [0, 0.05) is 71.5 Å². The number of hydrogen-bond donors (Lipinski definition) is 1. The minimum absolute atomic E-state index is 0. The van der Waals surface area contributed by atoms with Crippen LogP contribution in [0.2, 0.25) is 0 Å². The first-order chi connectivity index (χ1) is 42.4. The molecule has 1 N–H and O–H groups in total. The van der Waals surface area contributed by atoms with Gasteiger partial charge < -0.3 is 5.11 Å². The van der Waals surface area contributed by atoms with Crippen LogP contribution in [0.1, 0.15) is 168 Å². The van der Waals surface area contributed by atoms with Gasteiger partial charge in [-0.2, -0.15) is 0 Å². The Morgan fingerprint density at radius 1 is 0.618 bits per heavy atom. The summed E-state index contributed by atoms with van der Waals surface area (Å²) in [5.41, 5.74) is -12.9. The molecule has 0 unspecified atom stereocenters. The van der Waals surface area contributed by atoms with E-state index in [9.17, 15) is 7.85 Å². The zero-order valence-electron chi connectivity index (χ0n) is 66.3. The van der Waals surface area contributed by atoms with E-state index in [-0.39, 0.29) is 89.4 Å². The summed E-state index contributed by atoms with van der Waals surface area (Å²) in [4.78, 5) is 9.77. The van der Waals surface area contributed by atoms with Gasteiger partial charge >= 0.3 is 0 Å². The summed E-state index contributed by atoms with van der Waals surface area (Å²) in [6, 6.07) is 18.8. The van der Waals surface area contributed by atoms with Crippen LogP contribution >= 0.6 is 0 Å². The molecule has 2 heterocycles. The zero-order valence-corrected chi connectivity index (χ0v) is 41.5. The molecule has 8 rings (SSSR count). The Morgan fingerprint density at radius 3 is 1.91 bits per heavy atom. The van der Waals surface area contributed by atoms with Crippen LogP contribution < -0.4 is 0 Å². The zero-order chi connectivity index (χ0) is 71.3. The topological polar surface area (TPSA) is 50.9 Å². The Morgan fingerprint density at radius 2 is 1.26 bits per heavy atom. The number of phenols is 1. The molecular formula is C63H70N3OPt-. The quantitative estimate of drug-likeness (QED) is 0.162. The largest absolute Gasteiger partial charge is 0.507 e. The summed E-state index contributed by atoms with van der Waals surface area (Å²) >= 11 is 0.